The first-order chi connectivity index (χ1) is 12.8. The number of aromatic nitrogens is 2. The molecule has 0 bridgehead atoms. The van der Waals surface area contributed by atoms with Gasteiger partial charge in [0.15, 0.2) is 0 Å². The van der Waals surface area contributed by atoms with Gasteiger partial charge in [-0.2, -0.15) is 18.2 Å². The van der Waals surface area contributed by atoms with Gasteiger partial charge in [0.05, 0.1) is 23.9 Å². The maximum atomic E-state index is 13.2. The Morgan fingerprint density at radius 1 is 1.11 bits per heavy atom. The van der Waals surface area contributed by atoms with Crippen molar-refractivity contribution in [3.05, 3.63) is 81.2 Å². The summed E-state index contributed by atoms with van der Waals surface area (Å²) < 4.78 is 46.1. The number of hydrogen-bond donors (Lipinski definition) is 0. The topological polar surface area (TPSA) is 44.1 Å². The Labute approximate surface area is 157 Å². The van der Waals surface area contributed by atoms with Gasteiger partial charge in [0.1, 0.15) is 5.82 Å². The molecule has 0 aliphatic rings. The fraction of sp³-hybridized carbons (Fsp3) is 0.158. The average molecular weight is 395 g/mol. The summed E-state index contributed by atoms with van der Waals surface area (Å²) in [5.41, 5.74) is -0.792. The molecular formula is C19H14ClF3N2O2. The lowest BCUT2D eigenvalue weighted by molar-refractivity contribution is -0.137. The summed E-state index contributed by atoms with van der Waals surface area (Å²) in [5, 5.41) is -0.510. The third-order valence-corrected chi connectivity index (χ3v) is 4.33. The Bertz CT molecular complexity index is 1020. The molecule has 0 saturated heterocycles. The van der Waals surface area contributed by atoms with E-state index in [1.165, 1.54) is 30.0 Å². The van der Waals surface area contributed by atoms with E-state index in [9.17, 15) is 18.0 Å². The van der Waals surface area contributed by atoms with Crippen LogP contribution in [-0.2, 0) is 12.7 Å². The monoisotopic (exact) mass is 394 g/mol. The summed E-state index contributed by atoms with van der Waals surface area (Å²) in [5.74, 6) is 0.0125. The van der Waals surface area contributed by atoms with Crippen LogP contribution in [0.15, 0.2) is 59.5 Å². The molecule has 0 aliphatic carbocycles. The van der Waals surface area contributed by atoms with Gasteiger partial charge in [-0.25, -0.2) is 0 Å². The highest BCUT2D eigenvalue weighted by Gasteiger charge is 2.34. The highest BCUT2D eigenvalue weighted by atomic mass is 35.5. The van der Waals surface area contributed by atoms with Crippen LogP contribution in [0.3, 0.4) is 0 Å². The van der Waals surface area contributed by atoms with E-state index in [1.807, 2.05) is 30.3 Å². The molecule has 0 fully saturated rings. The summed E-state index contributed by atoms with van der Waals surface area (Å²) in [7, 11) is 1.32. The minimum atomic E-state index is -4.62. The van der Waals surface area contributed by atoms with E-state index in [0.717, 1.165) is 11.6 Å². The maximum Gasteiger partial charge on any atom is 0.417 e. The van der Waals surface area contributed by atoms with Crippen LogP contribution >= 0.6 is 11.6 Å². The second-order valence-electron chi connectivity index (χ2n) is 5.72. The molecule has 0 atom stereocenters. The van der Waals surface area contributed by atoms with Crippen LogP contribution in [0.4, 0.5) is 13.2 Å². The number of nitrogens with zero attached hydrogens (tertiary/aromatic N) is 2. The molecule has 3 rings (SSSR count). The van der Waals surface area contributed by atoms with E-state index in [1.54, 1.807) is 0 Å². The molecule has 0 unspecified atom stereocenters. The molecule has 0 spiro atoms. The zero-order valence-corrected chi connectivity index (χ0v) is 14.9. The van der Waals surface area contributed by atoms with Crippen molar-refractivity contribution in [3.63, 3.8) is 0 Å². The highest BCUT2D eigenvalue weighted by molar-refractivity contribution is 6.34. The lowest BCUT2D eigenvalue weighted by Crippen LogP contribution is -2.18. The van der Waals surface area contributed by atoms with Gasteiger partial charge in [0.2, 0.25) is 5.75 Å². The van der Waals surface area contributed by atoms with Gasteiger partial charge in [-0.05, 0) is 17.7 Å². The van der Waals surface area contributed by atoms with E-state index < -0.39 is 22.3 Å². The molecule has 4 nitrogen and oxygen atoms in total. The SMILES string of the molecule is COc1cn(Cc2ccccc2)c(-c2cccc(C(F)(F)F)c2Cl)nc1=O. The standard InChI is InChI=1S/C19H14ClF3N2O2/c1-27-15-11-25(10-12-6-3-2-4-7-12)17(24-18(15)26)13-8-5-9-14(16(13)20)19(21,22)23/h2-9,11H,10H2,1H3. The molecule has 8 heteroatoms. The predicted molar refractivity (Wildman–Crippen MR) is 96.0 cm³/mol. The van der Waals surface area contributed by atoms with Crippen molar-refractivity contribution >= 4 is 11.6 Å². The molecule has 2 aromatic carbocycles. The van der Waals surface area contributed by atoms with Crippen LogP contribution in [0.1, 0.15) is 11.1 Å². The van der Waals surface area contributed by atoms with E-state index in [4.69, 9.17) is 16.3 Å². The number of ether oxygens (including phenoxy) is 1. The van der Waals surface area contributed by atoms with Crippen LogP contribution in [0.5, 0.6) is 5.75 Å². The third kappa shape index (κ3) is 3.98. The molecule has 1 heterocycles. The Kier molecular flexibility index (Phi) is 5.23. The molecular weight excluding hydrogens is 381 g/mol. The molecule has 0 radical (unpaired) electrons. The third-order valence-electron chi connectivity index (χ3n) is 3.92. The second kappa shape index (κ2) is 7.44. The molecule has 0 aliphatic heterocycles. The smallest absolute Gasteiger partial charge is 0.417 e. The van der Waals surface area contributed by atoms with Crippen molar-refractivity contribution in [2.45, 2.75) is 12.7 Å². The molecule has 27 heavy (non-hydrogen) atoms. The average Bonchev–Trinajstić information content (AvgIpc) is 2.63. The van der Waals surface area contributed by atoms with Crippen molar-refractivity contribution in [1.82, 2.24) is 9.55 Å². The number of halogens is 4. The Hall–Kier alpha value is -2.80. The first-order valence-corrected chi connectivity index (χ1v) is 8.24. The number of hydrogen-bond acceptors (Lipinski definition) is 3. The quantitative estimate of drug-likeness (QED) is 0.647. The van der Waals surface area contributed by atoms with E-state index in [-0.39, 0.29) is 23.7 Å². The van der Waals surface area contributed by atoms with Crippen LogP contribution < -0.4 is 10.3 Å². The summed E-state index contributed by atoms with van der Waals surface area (Å²) in [6.45, 7) is 0.270. The van der Waals surface area contributed by atoms with Gasteiger partial charge in [0.25, 0.3) is 0 Å². The lowest BCUT2D eigenvalue weighted by Gasteiger charge is -2.17. The van der Waals surface area contributed by atoms with Gasteiger partial charge in [-0.15, -0.1) is 0 Å². The number of benzene rings is 2. The fourth-order valence-electron chi connectivity index (χ4n) is 2.65. The number of rotatable bonds is 4. The largest absolute Gasteiger partial charge is 0.490 e. The van der Waals surface area contributed by atoms with Crippen LogP contribution in [0.2, 0.25) is 5.02 Å². The van der Waals surface area contributed by atoms with Gasteiger partial charge >= 0.3 is 11.7 Å². The zero-order valence-electron chi connectivity index (χ0n) is 14.1. The molecule has 1 aromatic heterocycles. The summed E-state index contributed by atoms with van der Waals surface area (Å²) in [4.78, 5) is 16.1. The lowest BCUT2D eigenvalue weighted by atomic mass is 10.1. The highest BCUT2D eigenvalue weighted by Crippen LogP contribution is 2.39. The normalized spacial score (nSPS) is 11.4. The van der Waals surface area contributed by atoms with Gasteiger partial charge in [-0.1, -0.05) is 48.0 Å². The number of methoxy groups -OCH3 is 1. The van der Waals surface area contributed by atoms with E-state index in [2.05, 4.69) is 4.98 Å². The van der Waals surface area contributed by atoms with Gasteiger partial charge in [0, 0.05) is 12.1 Å². The van der Waals surface area contributed by atoms with Gasteiger partial charge < -0.3 is 9.30 Å². The summed E-state index contributed by atoms with van der Waals surface area (Å²) >= 11 is 6.02. The minimum absolute atomic E-state index is 0.0159. The van der Waals surface area contributed by atoms with Crippen molar-refractivity contribution in [2.75, 3.05) is 7.11 Å². The second-order valence-corrected chi connectivity index (χ2v) is 6.09. The molecule has 0 amide bonds. The maximum absolute atomic E-state index is 13.2. The van der Waals surface area contributed by atoms with Crippen molar-refractivity contribution in [3.8, 4) is 17.1 Å². The number of alkyl halides is 3. The summed E-state index contributed by atoms with van der Waals surface area (Å²) in [6, 6.07) is 12.7. The minimum Gasteiger partial charge on any atom is -0.490 e. The van der Waals surface area contributed by atoms with Crippen LogP contribution in [0.25, 0.3) is 11.4 Å². The first kappa shape index (κ1) is 19.0. The van der Waals surface area contributed by atoms with Crippen LogP contribution in [-0.4, -0.2) is 16.7 Å². The Morgan fingerprint density at radius 3 is 2.44 bits per heavy atom. The van der Waals surface area contributed by atoms with Crippen LogP contribution in [0, 0.1) is 0 Å². The molecule has 140 valence electrons. The van der Waals surface area contributed by atoms with E-state index >= 15 is 0 Å². The molecule has 0 saturated carbocycles. The fourth-order valence-corrected chi connectivity index (χ4v) is 2.97. The van der Waals surface area contributed by atoms with E-state index in [0.29, 0.717) is 0 Å². The summed E-state index contributed by atoms with van der Waals surface area (Å²) in [6.07, 6.45) is -3.21. The molecule has 0 N–H and O–H groups in total. The Morgan fingerprint density at radius 2 is 1.81 bits per heavy atom. The predicted octanol–water partition coefficient (Wildman–Crippen LogP) is 4.64. The van der Waals surface area contributed by atoms with Gasteiger partial charge in [-0.3, -0.25) is 4.79 Å². The zero-order chi connectivity index (χ0) is 19.6. The van der Waals surface area contributed by atoms with Crippen molar-refractivity contribution in [2.24, 2.45) is 0 Å². The molecule has 3 aromatic rings. The van der Waals surface area contributed by atoms with Crippen molar-refractivity contribution < 1.29 is 17.9 Å². The van der Waals surface area contributed by atoms with Crippen molar-refractivity contribution in [1.29, 1.82) is 0 Å². The first-order valence-electron chi connectivity index (χ1n) is 7.86. The Balaban J connectivity index is 2.21.